The van der Waals surface area contributed by atoms with Crippen LogP contribution in [0.15, 0.2) is 30.3 Å². The lowest BCUT2D eigenvalue weighted by Crippen LogP contribution is -2.46. The Kier molecular flexibility index (Phi) is 5.65. The SMILES string of the molecule is CCC[C@@H]1CC(C)CN(C)C1CC(C)c1ccccc1. The van der Waals surface area contributed by atoms with Crippen molar-refractivity contribution in [3.8, 4) is 0 Å². The Morgan fingerprint density at radius 1 is 1.25 bits per heavy atom. The molecule has 1 aromatic carbocycles. The molecule has 112 valence electrons. The highest BCUT2D eigenvalue weighted by atomic mass is 15.1. The van der Waals surface area contributed by atoms with Crippen molar-refractivity contribution in [3.63, 3.8) is 0 Å². The minimum absolute atomic E-state index is 0.663. The van der Waals surface area contributed by atoms with Crippen LogP contribution in [-0.4, -0.2) is 24.5 Å². The summed E-state index contributed by atoms with van der Waals surface area (Å²) in [6, 6.07) is 11.8. The van der Waals surface area contributed by atoms with E-state index in [4.69, 9.17) is 0 Å². The van der Waals surface area contributed by atoms with Crippen molar-refractivity contribution >= 4 is 0 Å². The van der Waals surface area contributed by atoms with Gasteiger partial charge in [0.25, 0.3) is 0 Å². The van der Waals surface area contributed by atoms with Crippen LogP contribution >= 0.6 is 0 Å². The van der Waals surface area contributed by atoms with E-state index in [1.807, 2.05) is 0 Å². The highest BCUT2D eigenvalue weighted by molar-refractivity contribution is 5.19. The maximum absolute atomic E-state index is 2.63. The molecule has 0 amide bonds. The van der Waals surface area contributed by atoms with Crippen molar-refractivity contribution in [2.45, 2.75) is 58.4 Å². The zero-order valence-electron chi connectivity index (χ0n) is 13.7. The summed E-state index contributed by atoms with van der Waals surface area (Å²) in [5.74, 6) is 2.41. The van der Waals surface area contributed by atoms with Gasteiger partial charge >= 0.3 is 0 Å². The van der Waals surface area contributed by atoms with E-state index in [1.54, 1.807) is 0 Å². The van der Waals surface area contributed by atoms with Crippen molar-refractivity contribution in [2.24, 2.45) is 11.8 Å². The lowest BCUT2D eigenvalue weighted by atomic mass is 9.77. The molecule has 3 unspecified atom stereocenters. The van der Waals surface area contributed by atoms with E-state index in [2.05, 4.69) is 63.1 Å². The molecule has 0 saturated carbocycles. The minimum atomic E-state index is 0.663. The molecule has 1 fully saturated rings. The van der Waals surface area contributed by atoms with Crippen LogP contribution in [-0.2, 0) is 0 Å². The zero-order valence-corrected chi connectivity index (χ0v) is 13.7. The standard InChI is InChI=1S/C19H31N/c1-5-9-18-12-15(2)14-20(4)19(18)13-16(3)17-10-7-6-8-11-17/h6-8,10-11,15-16,18-19H,5,9,12-14H2,1-4H3/t15?,16?,18-,19?/m1/s1. The van der Waals surface area contributed by atoms with Crippen molar-refractivity contribution in [1.29, 1.82) is 0 Å². The third-order valence-electron chi connectivity index (χ3n) is 5.04. The average Bonchev–Trinajstić information content (AvgIpc) is 2.43. The van der Waals surface area contributed by atoms with Gasteiger partial charge in [0.15, 0.2) is 0 Å². The number of piperidine rings is 1. The van der Waals surface area contributed by atoms with Gasteiger partial charge in [0, 0.05) is 12.6 Å². The third-order valence-corrected chi connectivity index (χ3v) is 5.04. The molecule has 2 rings (SSSR count). The summed E-state index contributed by atoms with van der Waals surface area (Å²) in [6.07, 6.45) is 5.44. The first-order valence-corrected chi connectivity index (χ1v) is 8.37. The maximum Gasteiger partial charge on any atom is 0.0126 e. The second-order valence-electron chi connectivity index (χ2n) is 6.94. The molecule has 1 aliphatic heterocycles. The van der Waals surface area contributed by atoms with Crippen LogP contribution in [0.25, 0.3) is 0 Å². The quantitative estimate of drug-likeness (QED) is 0.734. The van der Waals surface area contributed by atoms with Crippen LogP contribution in [0.1, 0.15) is 57.9 Å². The molecule has 1 heteroatoms. The molecule has 1 heterocycles. The monoisotopic (exact) mass is 273 g/mol. The van der Waals surface area contributed by atoms with Gasteiger partial charge in [0.1, 0.15) is 0 Å². The zero-order chi connectivity index (χ0) is 14.5. The molecule has 1 aliphatic rings. The molecule has 1 aromatic rings. The molecular formula is C19H31N. The first-order chi connectivity index (χ1) is 9.61. The Bertz CT molecular complexity index is 386. The number of hydrogen-bond acceptors (Lipinski definition) is 1. The number of benzene rings is 1. The minimum Gasteiger partial charge on any atom is -0.303 e. The van der Waals surface area contributed by atoms with Crippen LogP contribution in [0.4, 0.5) is 0 Å². The van der Waals surface area contributed by atoms with E-state index in [0.29, 0.717) is 5.92 Å². The Hall–Kier alpha value is -0.820. The fraction of sp³-hybridized carbons (Fsp3) is 0.684. The van der Waals surface area contributed by atoms with Crippen LogP contribution in [0.2, 0.25) is 0 Å². The van der Waals surface area contributed by atoms with E-state index in [0.717, 1.165) is 17.9 Å². The van der Waals surface area contributed by atoms with E-state index in [-0.39, 0.29) is 0 Å². The number of likely N-dealkylation sites (tertiary alicyclic amines) is 1. The van der Waals surface area contributed by atoms with Gasteiger partial charge < -0.3 is 4.90 Å². The van der Waals surface area contributed by atoms with E-state index in [1.165, 1.54) is 37.8 Å². The van der Waals surface area contributed by atoms with E-state index in [9.17, 15) is 0 Å². The van der Waals surface area contributed by atoms with Gasteiger partial charge in [0.05, 0.1) is 0 Å². The maximum atomic E-state index is 2.63. The topological polar surface area (TPSA) is 3.24 Å². The van der Waals surface area contributed by atoms with Crippen molar-refractivity contribution < 1.29 is 0 Å². The van der Waals surface area contributed by atoms with Gasteiger partial charge in [-0.1, -0.05) is 57.5 Å². The van der Waals surface area contributed by atoms with E-state index < -0.39 is 0 Å². The van der Waals surface area contributed by atoms with Crippen LogP contribution in [0.5, 0.6) is 0 Å². The Balaban J connectivity index is 2.04. The molecule has 4 atom stereocenters. The second-order valence-corrected chi connectivity index (χ2v) is 6.94. The number of nitrogens with zero attached hydrogens (tertiary/aromatic N) is 1. The first kappa shape index (κ1) is 15.6. The molecule has 1 saturated heterocycles. The van der Waals surface area contributed by atoms with Crippen LogP contribution in [0.3, 0.4) is 0 Å². The van der Waals surface area contributed by atoms with Gasteiger partial charge in [-0.3, -0.25) is 0 Å². The summed E-state index contributed by atoms with van der Waals surface area (Å²) >= 11 is 0. The normalized spacial score (nSPS) is 29.3. The predicted octanol–water partition coefficient (Wildman–Crippen LogP) is 4.94. The predicted molar refractivity (Wildman–Crippen MR) is 88.1 cm³/mol. The third kappa shape index (κ3) is 3.85. The fourth-order valence-electron chi connectivity index (χ4n) is 4.07. The van der Waals surface area contributed by atoms with Crippen molar-refractivity contribution in [2.75, 3.05) is 13.6 Å². The lowest BCUT2D eigenvalue weighted by Gasteiger charge is -2.43. The molecule has 0 bridgehead atoms. The first-order valence-electron chi connectivity index (χ1n) is 8.37. The number of hydrogen-bond donors (Lipinski definition) is 0. The van der Waals surface area contributed by atoms with Gasteiger partial charge in [-0.15, -0.1) is 0 Å². The largest absolute Gasteiger partial charge is 0.303 e. The average molecular weight is 273 g/mol. The molecule has 0 N–H and O–H groups in total. The molecule has 0 aliphatic carbocycles. The summed E-state index contributed by atoms with van der Waals surface area (Å²) in [6.45, 7) is 8.41. The van der Waals surface area contributed by atoms with Gasteiger partial charge in [-0.25, -0.2) is 0 Å². The Labute approximate surface area is 125 Å². The molecule has 20 heavy (non-hydrogen) atoms. The van der Waals surface area contributed by atoms with Crippen molar-refractivity contribution in [1.82, 2.24) is 4.90 Å². The van der Waals surface area contributed by atoms with E-state index >= 15 is 0 Å². The van der Waals surface area contributed by atoms with Gasteiger partial charge in [-0.05, 0) is 49.6 Å². The highest BCUT2D eigenvalue weighted by Gasteiger charge is 2.32. The fourth-order valence-corrected chi connectivity index (χ4v) is 4.07. The Morgan fingerprint density at radius 2 is 1.95 bits per heavy atom. The molecule has 1 nitrogen and oxygen atoms in total. The van der Waals surface area contributed by atoms with Crippen LogP contribution in [0, 0.1) is 11.8 Å². The summed E-state index contributed by atoms with van der Waals surface area (Å²) in [7, 11) is 2.33. The molecule has 0 spiro atoms. The smallest absolute Gasteiger partial charge is 0.0126 e. The summed E-state index contributed by atoms with van der Waals surface area (Å²) < 4.78 is 0. The van der Waals surface area contributed by atoms with Crippen LogP contribution < -0.4 is 0 Å². The molecular weight excluding hydrogens is 242 g/mol. The summed E-state index contributed by atoms with van der Waals surface area (Å²) in [5, 5.41) is 0. The molecule has 0 aromatic heterocycles. The number of rotatable bonds is 5. The Morgan fingerprint density at radius 3 is 2.60 bits per heavy atom. The molecule has 0 radical (unpaired) electrons. The second kappa shape index (κ2) is 7.26. The van der Waals surface area contributed by atoms with Gasteiger partial charge in [-0.2, -0.15) is 0 Å². The summed E-state index contributed by atoms with van der Waals surface area (Å²) in [5.41, 5.74) is 1.50. The highest BCUT2D eigenvalue weighted by Crippen LogP contribution is 2.35. The van der Waals surface area contributed by atoms with Crippen molar-refractivity contribution in [3.05, 3.63) is 35.9 Å². The summed E-state index contributed by atoms with van der Waals surface area (Å²) in [4.78, 5) is 2.63. The van der Waals surface area contributed by atoms with Gasteiger partial charge in [0.2, 0.25) is 0 Å². The lowest BCUT2D eigenvalue weighted by molar-refractivity contribution is 0.0696.